The summed E-state index contributed by atoms with van der Waals surface area (Å²) in [4.78, 5) is 23.6. The van der Waals surface area contributed by atoms with E-state index in [0.29, 0.717) is 18.5 Å². The summed E-state index contributed by atoms with van der Waals surface area (Å²) in [5.74, 6) is -0.0794. The lowest BCUT2D eigenvalue weighted by molar-refractivity contribution is -0.117. The average molecular weight is 280 g/mol. The summed E-state index contributed by atoms with van der Waals surface area (Å²) in [7, 11) is 2.03. The van der Waals surface area contributed by atoms with Crippen LogP contribution in [0.2, 0.25) is 0 Å². The molecule has 0 aliphatic carbocycles. The Bertz CT molecular complexity index is 324. The van der Waals surface area contributed by atoms with E-state index in [1.165, 1.54) is 0 Å². The Balaban J connectivity index is 3.47. The molecule has 1 N–H and O–H groups in total. The summed E-state index contributed by atoms with van der Waals surface area (Å²) in [5.41, 5.74) is 0.544. The van der Waals surface area contributed by atoms with Gasteiger partial charge in [0, 0.05) is 31.6 Å². The molecule has 0 rings (SSSR count). The minimum atomic E-state index is -0.0794. The molecule has 0 aliphatic heterocycles. The van der Waals surface area contributed by atoms with Gasteiger partial charge < -0.3 is 15.0 Å². The highest BCUT2D eigenvalue weighted by Gasteiger charge is 2.01. The van der Waals surface area contributed by atoms with Crippen LogP contribution in [0.3, 0.4) is 0 Å². The molecule has 1 amide bonds. The number of hydrogen-bond donors (Lipinski definition) is 1. The van der Waals surface area contributed by atoms with Gasteiger partial charge in [-0.05, 0) is 33.2 Å². The van der Waals surface area contributed by atoms with Gasteiger partial charge in [0.05, 0.1) is 0 Å². The molecular weight excluding hydrogens is 252 g/mol. The van der Waals surface area contributed by atoms with Gasteiger partial charge in [-0.15, -0.1) is 0 Å². The van der Waals surface area contributed by atoms with E-state index in [2.05, 4.69) is 28.9 Å². The predicted molar refractivity (Wildman–Crippen MR) is 83.6 cm³/mol. The Morgan fingerprint density at radius 1 is 1.20 bits per heavy atom. The maximum atomic E-state index is 11.3. The van der Waals surface area contributed by atoms with Crippen LogP contribution in [-0.4, -0.2) is 43.8 Å². The van der Waals surface area contributed by atoms with Gasteiger partial charge in [-0.2, -0.15) is 0 Å². The lowest BCUT2D eigenvalue weighted by Gasteiger charge is -2.14. The molecule has 0 fully saturated rings. The normalized spacial score (nSPS) is 10.9. The van der Waals surface area contributed by atoms with Crippen LogP contribution in [0, 0.1) is 0 Å². The molecule has 0 radical (unpaired) electrons. The molecule has 0 atom stereocenters. The van der Waals surface area contributed by atoms with Crippen molar-refractivity contribution >= 4 is 12.2 Å². The van der Waals surface area contributed by atoms with Gasteiger partial charge in [0.2, 0.25) is 5.91 Å². The third-order valence-corrected chi connectivity index (χ3v) is 2.94. The van der Waals surface area contributed by atoms with Crippen molar-refractivity contribution in [2.45, 2.75) is 39.0 Å². The summed E-state index contributed by atoms with van der Waals surface area (Å²) < 4.78 is 0. The molecule has 0 aromatic heterocycles. The molecule has 0 spiro atoms. The van der Waals surface area contributed by atoms with Gasteiger partial charge in [-0.3, -0.25) is 4.79 Å². The average Bonchev–Trinajstić information content (AvgIpc) is 2.41. The molecule has 0 saturated heterocycles. The first-order valence-electron chi connectivity index (χ1n) is 7.28. The second-order valence-electron chi connectivity index (χ2n) is 5.07. The zero-order valence-corrected chi connectivity index (χ0v) is 12.9. The number of carbonyl (C=O) groups is 2. The minimum absolute atomic E-state index is 0.0794. The molecule has 0 aromatic rings. The largest absolute Gasteiger partial charge is 0.351 e. The van der Waals surface area contributed by atoms with Gasteiger partial charge in [0.15, 0.2) is 0 Å². The number of likely N-dealkylation sites (N-methyl/N-ethyl adjacent to an activating group) is 1. The number of aldehydes is 1. The van der Waals surface area contributed by atoms with Crippen LogP contribution < -0.4 is 5.32 Å². The third kappa shape index (κ3) is 11.7. The highest BCUT2D eigenvalue weighted by molar-refractivity contribution is 5.92. The molecule has 0 saturated carbocycles. The fourth-order valence-corrected chi connectivity index (χ4v) is 1.64. The Kier molecular flexibility index (Phi) is 11.7. The molecule has 114 valence electrons. The van der Waals surface area contributed by atoms with Gasteiger partial charge >= 0.3 is 0 Å². The number of nitrogens with one attached hydrogen (secondary N) is 1. The van der Waals surface area contributed by atoms with Crippen molar-refractivity contribution in [3.8, 4) is 0 Å². The SMILES string of the molecule is C=C(C)C(=O)NCCN(C)CC=CCCCCCC=O. The summed E-state index contributed by atoms with van der Waals surface area (Å²) >= 11 is 0. The third-order valence-electron chi connectivity index (χ3n) is 2.94. The van der Waals surface area contributed by atoms with E-state index >= 15 is 0 Å². The van der Waals surface area contributed by atoms with Crippen molar-refractivity contribution in [3.05, 3.63) is 24.3 Å². The lowest BCUT2D eigenvalue weighted by atomic mass is 10.1. The van der Waals surface area contributed by atoms with E-state index in [9.17, 15) is 9.59 Å². The Hall–Kier alpha value is -1.42. The number of unbranched alkanes of at least 4 members (excludes halogenated alkanes) is 4. The van der Waals surface area contributed by atoms with Crippen molar-refractivity contribution < 1.29 is 9.59 Å². The molecule has 0 aromatic carbocycles. The first-order chi connectivity index (χ1) is 9.57. The first kappa shape index (κ1) is 18.6. The maximum absolute atomic E-state index is 11.3. The number of carbonyl (C=O) groups excluding carboxylic acids is 2. The topological polar surface area (TPSA) is 49.4 Å². The highest BCUT2D eigenvalue weighted by Crippen LogP contribution is 2.02. The van der Waals surface area contributed by atoms with E-state index < -0.39 is 0 Å². The standard InChI is InChI=1S/C16H28N2O2/c1-15(2)16(20)17-11-13-18(3)12-9-7-5-4-6-8-10-14-19/h7,9,14H,1,4-6,8,10-13H2,2-3H3,(H,17,20). The fraction of sp³-hybridized carbons (Fsp3) is 0.625. The number of nitrogens with zero attached hydrogens (tertiary/aromatic N) is 1. The van der Waals surface area contributed by atoms with Crippen LogP contribution in [0.4, 0.5) is 0 Å². The predicted octanol–water partition coefficient (Wildman–Crippen LogP) is 2.32. The Morgan fingerprint density at radius 2 is 1.90 bits per heavy atom. The molecule has 20 heavy (non-hydrogen) atoms. The number of hydrogen-bond acceptors (Lipinski definition) is 3. The van der Waals surface area contributed by atoms with Crippen molar-refractivity contribution in [2.75, 3.05) is 26.7 Å². The van der Waals surface area contributed by atoms with Crippen LogP contribution in [0.1, 0.15) is 39.0 Å². The van der Waals surface area contributed by atoms with E-state index in [0.717, 1.165) is 45.1 Å². The van der Waals surface area contributed by atoms with E-state index in [4.69, 9.17) is 0 Å². The Labute approximate surface area is 122 Å². The first-order valence-corrected chi connectivity index (χ1v) is 7.28. The Morgan fingerprint density at radius 3 is 2.55 bits per heavy atom. The maximum Gasteiger partial charge on any atom is 0.246 e. The summed E-state index contributed by atoms with van der Waals surface area (Å²) in [6.45, 7) is 7.65. The molecular formula is C16H28N2O2. The van der Waals surface area contributed by atoms with E-state index in [-0.39, 0.29) is 5.91 Å². The second-order valence-corrected chi connectivity index (χ2v) is 5.07. The van der Waals surface area contributed by atoms with Crippen molar-refractivity contribution in [3.63, 3.8) is 0 Å². The molecule has 4 nitrogen and oxygen atoms in total. The van der Waals surface area contributed by atoms with Crippen LogP contribution in [0.15, 0.2) is 24.3 Å². The van der Waals surface area contributed by atoms with Crippen LogP contribution in [-0.2, 0) is 9.59 Å². The van der Waals surface area contributed by atoms with Gasteiger partial charge in [-0.25, -0.2) is 0 Å². The summed E-state index contributed by atoms with van der Waals surface area (Å²) in [6, 6.07) is 0. The zero-order valence-electron chi connectivity index (χ0n) is 12.9. The molecule has 0 unspecified atom stereocenters. The van der Waals surface area contributed by atoms with E-state index in [1.54, 1.807) is 6.92 Å². The monoisotopic (exact) mass is 280 g/mol. The van der Waals surface area contributed by atoms with Crippen LogP contribution in [0.25, 0.3) is 0 Å². The van der Waals surface area contributed by atoms with Crippen LogP contribution >= 0.6 is 0 Å². The van der Waals surface area contributed by atoms with Crippen molar-refractivity contribution in [2.24, 2.45) is 0 Å². The molecule has 0 heterocycles. The van der Waals surface area contributed by atoms with Crippen molar-refractivity contribution in [1.82, 2.24) is 10.2 Å². The number of amides is 1. The second kappa shape index (κ2) is 12.6. The van der Waals surface area contributed by atoms with Crippen molar-refractivity contribution in [1.29, 1.82) is 0 Å². The molecule has 0 aliphatic rings. The van der Waals surface area contributed by atoms with Gasteiger partial charge in [-0.1, -0.05) is 25.2 Å². The fourth-order valence-electron chi connectivity index (χ4n) is 1.64. The molecule has 0 bridgehead atoms. The molecule has 4 heteroatoms. The smallest absolute Gasteiger partial charge is 0.246 e. The number of rotatable bonds is 12. The number of allylic oxidation sites excluding steroid dienone is 1. The summed E-state index contributed by atoms with van der Waals surface area (Å²) in [5, 5.41) is 2.81. The van der Waals surface area contributed by atoms with Crippen LogP contribution in [0.5, 0.6) is 0 Å². The highest BCUT2D eigenvalue weighted by atomic mass is 16.1. The van der Waals surface area contributed by atoms with E-state index in [1.807, 2.05) is 7.05 Å². The van der Waals surface area contributed by atoms with Gasteiger partial charge in [0.25, 0.3) is 0 Å². The quantitative estimate of drug-likeness (QED) is 0.258. The van der Waals surface area contributed by atoms with Gasteiger partial charge in [0.1, 0.15) is 6.29 Å². The summed E-state index contributed by atoms with van der Waals surface area (Å²) in [6.07, 6.45) is 10.3. The minimum Gasteiger partial charge on any atom is -0.351 e. The zero-order chi connectivity index (χ0) is 15.2. The lowest BCUT2D eigenvalue weighted by Crippen LogP contribution is -2.33.